The molecule has 0 saturated heterocycles. The summed E-state index contributed by atoms with van der Waals surface area (Å²) in [5.41, 5.74) is 7.99. The lowest BCUT2D eigenvalue weighted by Gasteiger charge is -2.36. The summed E-state index contributed by atoms with van der Waals surface area (Å²) >= 11 is 0. The standard InChI is InChI=1S/C59H70O/c60-57(47-31-9-5-1-3-7-11-33-49-58(51-35-19-13-20-36-51,52-37-21-14-22-38-52)53-39-23-15-24-40-53)48-32-10-6-2-4-8-12-34-50-59(54-41-25-16-26-42-54,55-43-27-17-28-44-55)56-45-29-18-30-46-56/h13-30,35-46H,1-12,31-34,47-50H2. The Balaban J connectivity index is 0.807. The van der Waals surface area contributed by atoms with Gasteiger partial charge in [-0.3, -0.25) is 4.79 Å². The van der Waals surface area contributed by atoms with Crippen LogP contribution in [-0.4, -0.2) is 5.78 Å². The average molecular weight is 795 g/mol. The van der Waals surface area contributed by atoms with E-state index >= 15 is 0 Å². The van der Waals surface area contributed by atoms with E-state index in [4.69, 9.17) is 0 Å². The van der Waals surface area contributed by atoms with E-state index in [1.807, 2.05) is 0 Å². The molecule has 6 aromatic carbocycles. The van der Waals surface area contributed by atoms with Gasteiger partial charge in [-0.15, -0.1) is 0 Å². The Bertz CT molecular complexity index is 1660. The Morgan fingerprint density at radius 1 is 0.250 bits per heavy atom. The van der Waals surface area contributed by atoms with Crippen molar-refractivity contribution in [1.29, 1.82) is 0 Å². The molecule has 0 N–H and O–H groups in total. The third-order valence-corrected chi connectivity index (χ3v) is 13.1. The third-order valence-electron chi connectivity index (χ3n) is 13.1. The fourth-order valence-electron chi connectivity index (χ4n) is 9.87. The van der Waals surface area contributed by atoms with Crippen molar-refractivity contribution in [2.24, 2.45) is 0 Å². The molecule has 1 nitrogen and oxygen atoms in total. The second kappa shape index (κ2) is 24.9. The van der Waals surface area contributed by atoms with E-state index in [1.54, 1.807) is 0 Å². The maximum atomic E-state index is 12.6. The molecule has 0 heterocycles. The molecule has 0 unspecified atom stereocenters. The monoisotopic (exact) mass is 795 g/mol. The van der Waals surface area contributed by atoms with Crippen LogP contribution in [0.1, 0.15) is 162 Å². The smallest absolute Gasteiger partial charge is 0.132 e. The summed E-state index contributed by atoms with van der Waals surface area (Å²) in [7, 11) is 0. The minimum atomic E-state index is -0.138. The first kappa shape index (κ1) is 44.5. The molecular weight excluding hydrogens is 725 g/mol. The molecule has 60 heavy (non-hydrogen) atoms. The van der Waals surface area contributed by atoms with Crippen LogP contribution in [0.5, 0.6) is 0 Å². The number of unbranched alkanes of at least 4 members (excludes halogenated alkanes) is 14. The minimum Gasteiger partial charge on any atom is -0.300 e. The largest absolute Gasteiger partial charge is 0.300 e. The molecule has 0 radical (unpaired) electrons. The number of ketones is 1. The lowest BCUT2D eigenvalue weighted by Crippen LogP contribution is -2.29. The highest BCUT2D eigenvalue weighted by atomic mass is 16.1. The molecular formula is C59H70O. The number of Topliss-reactive ketones (excluding diaryl/α,β-unsaturated/α-hetero) is 1. The second-order valence-corrected chi connectivity index (χ2v) is 17.2. The molecule has 6 aromatic rings. The highest BCUT2D eigenvalue weighted by Crippen LogP contribution is 2.45. The molecule has 312 valence electrons. The Kier molecular flexibility index (Phi) is 18.5. The van der Waals surface area contributed by atoms with Gasteiger partial charge in [-0.05, 0) is 59.1 Å². The van der Waals surface area contributed by atoms with Crippen LogP contribution in [0, 0.1) is 0 Å². The molecule has 6 rings (SSSR count). The zero-order valence-corrected chi connectivity index (χ0v) is 36.4. The van der Waals surface area contributed by atoms with E-state index in [9.17, 15) is 4.79 Å². The molecule has 0 amide bonds. The van der Waals surface area contributed by atoms with Crippen molar-refractivity contribution in [3.63, 3.8) is 0 Å². The van der Waals surface area contributed by atoms with Gasteiger partial charge in [0.25, 0.3) is 0 Å². The molecule has 0 aliphatic rings. The summed E-state index contributed by atoms with van der Waals surface area (Å²) in [5.74, 6) is 0.479. The maximum Gasteiger partial charge on any atom is 0.132 e. The molecule has 0 spiro atoms. The number of hydrogen-bond donors (Lipinski definition) is 0. The van der Waals surface area contributed by atoms with Gasteiger partial charge >= 0.3 is 0 Å². The van der Waals surface area contributed by atoms with Gasteiger partial charge < -0.3 is 0 Å². The first-order valence-electron chi connectivity index (χ1n) is 23.6. The fraction of sp³-hybridized carbons (Fsp3) is 0.373. The van der Waals surface area contributed by atoms with Crippen LogP contribution in [0.25, 0.3) is 0 Å². The Labute approximate surface area is 363 Å². The summed E-state index contributed by atoms with van der Waals surface area (Å²) in [6.07, 6.45) is 23.4. The van der Waals surface area contributed by atoms with Crippen molar-refractivity contribution >= 4 is 5.78 Å². The van der Waals surface area contributed by atoms with Crippen molar-refractivity contribution < 1.29 is 4.79 Å². The van der Waals surface area contributed by atoms with Crippen LogP contribution >= 0.6 is 0 Å². The van der Waals surface area contributed by atoms with Crippen molar-refractivity contribution in [1.82, 2.24) is 0 Å². The SMILES string of the molecule is O=C(CCCCCCCCCCC(c1ccccc1)(c1ccccc1)c1ccccc1)CCCCCCCCCCC(c1ccccc1)(c1ccccc1)c1ccccc1. The topological polar surface area (TPSA) is 17.1 Å². The van der Waals surface area contributed by atoms with Gasteiger partial charge in [0.05, 0.1) is 0 Å². The van der Waals surface area contributed by atoms with Gasteiger partial charge in [0.15, 0.2) is 0 Å². The summed E-state index contributed by atoms with van der Waals surface area (Å²) in [6, 6.07) is 66.7. The van der Waals surface area contributed by atoms with E-state index in [1.165, 1.54) is 123 Å². The van der Waals surface area contributed by atoms with Crippen molar-refractivity contribution in [2.45, 2.75) is 139 Å². The van der Waals surface area contributed by atoms with Gasteiger partial charge in [-0.25, -0.2) is 0 Å². The van der Waals surface area contributed by atoms with E-state index < -0.39 is 0 Å². The number of carbonyl (C=O) groups excluding carboxylic acids is 1. The van der Waals surface area contributed by atoms with Gasteiger partial charge in [0, 0.05) is 23.7 Å². The highest BCUT2D eigenvalue weighted by Gasteiger charge is 2.36. The lowest BCUT2D eigenvalue weighted by atomic mass is 9.66. The van der Waals surface area contributed by atoms with E-state index in [0.717, 1.165) is 38.5 Å². The van der Waals surface area contributed by atoms with Gasteiger partial charge in [0.2, 0.25) is 0 Å². The normalized spacial score (nSPS) is 11.7. The number of rotatable bonds is 28. The lowest BCUT2D eigenvalue weighted by molar-refractivity contribution is -0.119. The minimum absolute atomic E-state index is 0.138. The predicted molar refractivity (Wildman–Crippen MR) is 256 cm³/mol. The first-order chi connectivity index (χ1) is 29.7. The summed E-state index contributed by atoms with van der Waals surface area (Å²) < 4.78 is 0. The van der Waals surface area contributed by atoms with Gasteiger partial charge in [0.1, 0.15) is 5.78 Å². The van der Waals surface area contributed by atoms with E-state index in [2.05, 4.69) is 182 Å². The molecule has 0 fully saturated rings. The Morgan fingerprint density at radius 3 is 0.650 bits per heavy atom. The predicted octanol–water partition coefficient (Wildman–Crippen LogP) is 16.4. The van der Waals surface area contributed by atoms with Gasteiger partial charge in [-0.1, -0.05) is 272 Å². The van der Waals surface area contributed by atoms with Crippen LogP contribution in [0.3, 0.4) is 0 Å². The van der Waals surface area contributed by atoms with Crippen LogP contribution in [0.2, 0.25) is 0 Å². The molecule has 0 atom stereocenters. The fourth-order valence-corrected chi connectivity index (χ4v) is 9.87. The number of benzene rings is 6. The number of hydrogen-bond acceptors (Lipinski definition) is 1. The zero-order chi connectivity index (χ0) is 41.4. The molecule has 0 aliphatic carbocycles. The summed E-state index contributed by atoms with van der Waals surface area (Å²) in [5, 5.41) is 0. The van der Waals surface area contributed by atoms with Crippen LogP contribution < -0.4 is 0 Å². The quantitative estimate of drug-likeness (QED) is 0.0357. The molecule has 0 saturated carbocycles. The molecule has 1 heteroatoms. The summed E-state index contributed by atoms with van der Waals surface area (Å²) in [4.78, 5) is 12.6. The van der Waals surface area contributed by atoms with E-state index in [0.29, 0.717) is 5.78 Å². The van der Waals surface area contributed by atoms with Crippen molar-refractivity contribution in [2.75, 3.05) is 0 Å². The Morgan fingerprint density at radius 2 is 0.433 bits per heavy atom. The van der Waals surface area contributed by atoms with Crippen LogP contribution in [0.4, 0.5) is 0 Å². The van der Waals surface area contributed by atoms with E-state index in [-0.39, 0.29) is 10.8 Å². The number of carbonyl (C=O) groups is 1. The average Bonchev–Trinajstić information content (AvgIpc) is 3.32. The zero-order valence-electron chi connectivity index (χ0n) is 36.4. The van der Waals surface area contributed by atoms with Crippen molar-refractivity contribution in [3.8, 4) is 0 Å². The van der Waals surface area contributed by atoms with Crippen LogP contribution in [-0.2, 0) is 15.6 Å². The van der Waals surface area contributed by atoms with Crippen LogP contribution in [0.15, 0.2) is 182 Å². The maximum absolute atomic E-state index is 12.6. The molecule has 0 bridgehead atoms. The van der Waals surface area contributed by atoms with Gasteiger partial charge in [-0.2, -0.15) is 0 Å². The van der Waals surface area contributed by atoms with Crippen molar-refractivity contribution in [3.05, 3.63) is 215 Å². The first-order valence-corrected chi connectivity index (χ1v) is 23.6. The Hall–Kier alpha value is -5.01. The molecule has 0 aromatic heterocycles. The third kappa shape index (κ3) is 12.5. The molecule has 0 aliphatic heterocycles. The summed E-state index contributed by atoms with van der Waals surface area (Å²) in [6.45, 7) is 0. The highest BCUT2D eigenvalue weighted by molar-refractivity contribution is 5.78. The second-order valence-electron chi connectivity index (χ2n) is 17.2.